The zero-order chi connectivity index (χ0) is 5.70. The van der Waals surface area contributed by atoms with E-state index in [1.807, 2.05) is 13.8 Å². The van der Waals surface area contributed by atoms with Crippen LogP contribution in [0.4, 0.5) is 0 Å². The first-order valence-corrected chi connectivity index (χ1v) is 2.44. The predicted octanol–water partition coefficient (Wildman–Crippen LogP) is 0.183. The topological polar surface area (TPSA) is 29.1 Å². The largest absolute Gasteiger partial charge is 0.308 e. The summed E-state index contributed by atoms with van der Waals surface area (Å²) in [6.45, 7) is 4.48. The number of carbonyl (C=O) groups is 1. The normalized spacial score (nSPS) is 9.57. The molecule has 0 amide bonds. The predicted molar refractivity (Wildman–Crippen MR) is 29.2 cm³/mol. The van der Waals surface area contributed by atoms with E-state index in [9.17, 15) is 4.79 Å². The zero-order valence-corrected chi connectivity index (χ0v) is 4.77. The second-order valence-corrected chi connectivity index (χ2v) is 1.73. The molecular formula is C5H11NO. The third-order valence-corrected chi connectivity index (χ3v) is 0.609. The smallest absolute Gasteiger partial charge is 0.133 e. The summed E-state index contributed by atoms with van der Waals surface area (Å²) in [5.41, 5.74) is 0. The maximum absolute atomic E-state index is 9.65. The van der Waals surface area contributed by atoms with Crippen LogP contribution in [0.5, 0.6) is 0 Å². The van der Waals surface area contributed by atoms with Gasteiger partial charge in [-0.15, -0.1) is 0 Å². The summed E-state index contributed by atoms with van der Waals surface area (Å²) in [4.78, 5) is 9.65. The lowest BCUT2D eigenvalue weighted by atomic mass is 10.4. The number of hydrogen-bond donors (Lipinski definition) is 1. The Hall–Kier alpha value is -0.370. The average molecular weight is 101 g/mol. The lowest BCUT2D eigenvalue weighted by molar-refractivity contribution is -0.107. The number of hydrogen-bond acceptors (Lipinski definition) is 2. The second-order valence-electron chi connectivity index (χ2n) is 1.73. The van der Waals surface area contributed by atoms with Crippen LogP contribution < -0.4 is 5.32 Å². The Morgan fingerprint density at radius 3 is 2.43 bits per heavy atom. The van der Waals surface area contributed by atoms with Gasteiger partial charge in [0.2, 0.25) is 0 Å². The van der Waals surface area contributed by atoms with E-state index in [0.29, 0.717) is 12.6 Å². The first-order chi connectivity index (χ1) is 3.27. The summed E-state index contributed by atoms with van der Waals surface area (Å²) in [6.07, 6.45) is 0.861. The van der Waals surface area contributed by atoms with Crippen LogP contribution in [-0.2, 0) is 4.79 Å². The molecule has 0 aliphatic heterocycles. The highest BCUT2D eigenvalue weighted by Gasteiger charge is 1.85. The molecule has 0 atom stereocenters. The van der Waals surface area contributed by atoms with Crippen LogP contribution >= 0.6 is 0 Å². The van der Waals surface area contributed by atoms with Gasteiger partial charge in [0.25, 0.3) is 0 Å². The summed E-state index contributed by atoms with van der Waals surface area (Å²) in [6, 6.07) is 0.421. The minimum atomic E-state index is 0.421. The summed E-state index contributed by atoms with van der Waals surface area (Å²) >= 11 is 0. The quantitative estimate of drug-likeness (QED) is 0.514. The fourth-order valence-electron chi connectivity index (χ4n) is 0.284. The molecule has 2 nitrogen and oxygen atoms in total. The van der Waals surface area contributed by atoms with E-state index in [-0.39, 0.29) is 0 Å². The van der Waals surface area contributed by atoms with Crippen molar-refractivity contribution in [3.8, 4) is 0 Å². The summed E-state index contributed by atoms with van der Waals surface area (Å²) < 4.78 is 0. The Bertz CT molecular complexity index is 52.0. The third-order valence-electron chi connectivity index (χ3n) is 0.609. The Morgan fingerprint density at radius 2 is 2.29 bits per heavy atom. The SMILES string of the molecule is CC(C)NCC=O. The molecule has 0 aliphatic carbocycles. The van der Waals surface area contributed by atoms with Crippen LogP contribution in [0.15, 0.2) is 0 Å². The lowest BCUT2D eigenvalue weighted by Gasteiger charge is -2.00. The number of nitrogens with one attached hydrogen (secondary N) is 1. The summed E-state index contributed by atoms with van der Waals surface area (Å²) in [5.74, 6) is 0. The van der Waals surface area contributed by atoms with Crippen molar-refractivity contribution in [3.63, 3.8) is 0 Å². The molecule has 2 heteroatoms. The van der Waals surface area contributed by atoms with E-state index in [1.165, 1.54) is 0 Å². The van der Waals surface area contributed by atoms with Gasteiger partial charge in [0.15, 0.2) is 0 Å². The molecule has 7 heavy (non-hydrogen) atoms. The van der Waals surface area contributed by atoms with Gasteiger partial charge in [-0.25, -0.2) is 0 Å². The van der Waals surface area contributed by atoms with Crippen LogP contribution in [0, 0.1) is 0 Å². The number of carbonyl (C=O) groups excluding carboxylic acids is 1. The molecule has 0 radical (unpaired) electrons. The van der Waals surface area contributed by atoms with Gasteiger partial charge in [0, 0.05) is 6.04 Å². The fraction of sp³-hybridized carbons (Fsp3) is 0.800. The van der Waals surface area contributed by atoms with Gasteiger partial charge in [-0.2, -0.15) is 0 Å². The lowest BCUT2D eigenvalue weighted by Crippen LogP contribution is -2.24. The molecule has 0 rings (SSSR count). The molecule has 1 N–H and O–H groups in total. The first kappa shape index (κ1) is 6.63. The molecule has 0 aromatic carbocycles. The number of rotatable bonds is 3. The Labute approximate surface area is 43.9 Å². The summed E-state index contributed by atoms with van der Waals surface area (Å²) in [5, 5.41) is 2.93. The van der Waals surface area contributed by atoms with E-state index in [1.54, 1.807) is 0 Å². The zero-order valence-electron chi connectivity index (χ0n) is 4.77. The second kappa shape index (κ2) is 3.81. The highest BCUT2D eigenvalue weighted by molar-refractivity contribution is 5.51. The Morgan fingerprint density at radius 1 is 1.71 bits per heavy atom. The number of aldehydes is 1. The minimum Gasteiger partial charge on any atom is -0.308 e. The van der Waals surface area contributed by atoms with Gasteiger partial charge in [-0.05, 0) is 0 Å². The van der Waals surface area contributed by atoms with Crippen LogP contribution in [-0.4, -0.2) is 18.9 Å². The van der Waals surface area contributed by atoms with E-state index >= 15 is 0 Å². The van der Waals surface area contributed by atoms with Gasteiger partial charge in [-0.1, -0.05) is 13.8 Å². The molecule has 0 aliphatic rings. The molecule has 0 bridgehead atoms. The van der Waals surface area contributed by atoms with E-state index in [4.69, 9.17) is 0 Å². The van der Waals surface area contributed by atoms with Crippen LogP contribution in [0.25, 0.3) is 0 Å². The molecule has 0 fully saturated rings. The van der Waals surface area contributed by atoms with Crippen LogP contribution in [0.2, 0.25) is 0 Å². The highest BCUT2D eigenvalue weighted by Crippen LogP contribution is 1.70. The third kappa shape index (κ3) is 5.63. The maximum atomic E-state index is 9.65. The maximum Gasteiger partial charge on any atom is 0.133 e. The van der Waals surface area contributed by atoms with Gasteiger partial charge in [-0.3, -0.25) is 0 Å². The monoisotopic (exact) mass is 101 g/mol. The van der Waals surface area contributed by atoms with Crippen molar-refractivity contribution in [1.29, 1.82) is 0 Å². The van der Waals surface area contributed by atoms with Crippen molar-refractivity contribution in [1.82, 2.24) is 5.32 Å². The molecule has 0 aromatic rings. The van der Waals surface area contributed by atoms with Crippen molar-refractivity contribution in [2.45, 2.75) is 19.9 Å². The van der Waals surface area contributed by atoms with Crippen molar-refractivity contribution < 1.29 is 4.79 Å². The molecule has 0 saturated heterocycles. The van der Waals surface area contributed by atoms with E-state index in [2.05, 4.69) is 5.32 Å². The van der Waals surface area contributed by atoms with Gasteiger partial charge in [0.1, 0.15) is 6.29 Å². The minimum absolute atomic E-state index is 0.421. The average Bonchev–Trinajstić information content (AvgIpc) is 1.61. The van der Waals surface area contributed by atoms with E-state index in [0.717, 1.165) is 6.29 Å². The Balaban J connectivity index is 2.81. The van der Waals surface area contributed by atoms with Crippen molar-refractivity contribution in [3.05, 3.63) is 0 Å². The highest BCUT2D eigenvalue weighted by atomic mass is 16.1. The standard InChI is InChI=1S/C5H11NO/c1-5(2)6-3-4-7/h4-6H,3H2,1-2H3. The molecule has 0 spiro atoms. The fourth-order valence-corrected chi connectivity index (χ4v) is 0.284. The van der Waals surface area contributed by atoms with Crippen molar-refractivity contribution in [2.75, 3.05) is 6.54 Å². The van der Waals surface area contributed by atoms with Gasteiger partial charge < -0.3 is 10.1 Å². The van der Waals surface area contributed by atoms with E-state index < -0.39 is 0 Å². The Kier molecular flexibility index (Phi) is 3.61. The molecule has 0 heterocycles. The molecule has 0 unspecified atom stereocenters. The van der Waals surface area contributed by atoms with Crippen molar-refractivity contribution in [2.24, 2.45) is 0 Å². The van der Waals surface area contributed by atoms with Crippen LogP contribution in [0.1, 0.15) is 13.8 Å². The van der Waals surface area contributed by atoms with Crippen molar-refractivity contribution >= 4 is 6.29 Å². The first-order valence-electron chi connectivity index (χ1n) is 2.44. The molecule has 0 saturated carbocycles. The van der Waals surface area contributed by atoms with Gasteiger partial charge >= 0.3 is 0 Å². The molecule has 42 valence electrons. The van der Waals surface area contributed by atoms with Crippen LogP contribution in [0.3, 0.4) is 0 Å². The molecular weight excluding hydrogens is 90.1 g/mol. The summed E-state index contributed by atoms with van der Waals surface area (Å²) in [7, 11) is 0. The van der Waals surface area contributed by atoms with Gasteiger partial charge in [0.05, 0.1) is 6.54 Å². The molecule has 0 aromatic heterocycles.